The lowest BCUT2D eigenvalue weighted by atomic mass is 10.2. The number of benzene rings is 2. The zero-order chi connectivity index (χ0) is 25.2. The molecule has 1 aromatic heterocycles. The first-order valence-electron chi connectivity index (χ1n) is 11.5. The van der Waals surface area contributed by atoms with E-state index in [1.54, 1.807) is 30.9 Å². The molecule has 0 fully saturated rings. The van der Waals surface area contributed by atoms with Crippen LogP contribution in [0.15, 0.2) is 41.3 Å². The van der Waals surface area contributed by atoms with Crippen molar-refractivity contribution in [1.82, 2.24) is 14.2 Å². The van der Waals surface area contributed by atoms with Gasteiger partial charge in [0.25, 0.3) is 5.91 Å². The van der Waals surface area contributed by atoms with Crippen molar-refractivity contribution in [3.63, 3.8) is 0 Å². The van der Waals surface area contributed by atoms with Crippen molar-refractivity contribution in [3.05, 3.63) is 42.0 Å². The molecule has 1 amide bonds. The predicted octanol–water partition coefficient (Wildman–Crippen LogP) is 3.65. The molecule has 1 aliphatic rings. The van der Waals surface area contributed by atoms with Crippen LogP contribution in [0, 0.1) is 0 Å². The fourth-order valence-electron chi connectivity index (χ4n) is 3.89. The Labute approximate surface area is 209 Å². The summed E-state index contributed by atoms with van der Waals surface area (Å²) in [6, 6.07) is 9.84. The molecule has 35 heavy (non-hydrogen) atoms. The number of thiazole rings is 1. The lowest BCUT2D eigenvalue weighted by Gasteiger charge is -2.22. The predicted molar refractivity (Wildman–Crippen MR) is 137 cm³/mol. The summed E-state index contributed by atoms with van der Waals surface area (Å²) in [4.78, 5) is 22.2. The summed E-state index contributed by atoms with van der Waals surface area (Å²) in [6.45, 7) is 5.85. The lowest BCUT2D eigenvalue weighted by molar-refractivity contribution is 0.0986. The van der Waals surface area contributed by atoms with E-state index in [2.05, 4.69) is 4.90 Å². The normalized spacial score (nSPS) is 13.2. The molecule has 188 valence electrons. The van der Waals surface area contributed by atoms with Crippen LogP contribution in [-0.2, 0) is 10.0 Å². The van der Waals surface area contributed by atoms with Gasteiger partial charge in [0.1, 0.15) is 0 Å². The van der Waals surface area contributed by atoms with Gasteiger partial charge >= 0.3 is 0 Å². The van der Waals surface area contributed by atoms with Crippen LogP contribution < -0.4 is 14.4 Å². The minimum atomic E-state index is -3.59. The average Bonchev–Trinajstić information content (AvgIpc) is 3.46. The van der Waals surface area contributed by atoms with Crippen molar-refractivity contribution < 1.29 is 22.7 Å². The fourth-order valence-corrected chi connectivity index (χ4v) is 6.35. The Bertz CT molecular complexity index is 1260. The summed E-state index contributed by atoms with van der Waals surface area (Å²) in [5.41, 5.74) is 1.14. The number of hydrogen-bond donors (Lipinski definition) is 0. The van der Waals surface area contributed by atoms with Crippen LogP contribution in [-0.4, -0.2) is 75.6 Å². The van der Waals surface area contributed by atoms with Crippen molar-refractivity contribution in [3.8, 4) is 11.5 Å². The number of ether oxygens (including phenoxy) is 2. The third-order valence-corrected chi connectivity index (χ3v) is 8.88. The largest absolute Gasteiger partial charge is 0.454 e. The van der Waals surface area contributed by atoms with E-state index in [9.17, 15) is 13.2 Å². The lowest BCUT2D eigenvalue weighted by Crippen LogP contribution is -2.33. The van der Waals surface area contributed by atoms with Crippen molar-refractivity contribution in [1.29, 1.82) is 0 Å². The monoisotopic (exact) mass is 518 g/mol. The molecule has 0 N–H and O–H groups in total. The van der Waals surface area contributed by atoms with Crippen LogP contribution in [0.5, 0.6) is 11.5 Å². The second kappa shape index (κ2) is 10.5. The number of amides is 1. The van der Waals surface area contributed by atoms with Gasteiger partial charge in [0, 0.05) is 37.3 Å². The van der Waals surface area contributed by atoms with Gasteiger partial charge < -0.3 is 14.4 Å². The fraction of sp³-hybridized carbons (Fsp3) is 0.417. The molecule has 0 saturated heterocycles. The van der Waals surface area contributed by atoms with E-state index < -0.39 is 10.0 Å². The molecule has 0 atom stereocenters. The third kappa shape index (κ3) is 5.27. The van der Waals surface area contributed by atoms with Crippen LogP contribution in [0.3, 0.4) is 0 Å². The smallest absolute Gasteiger partial charge is 0.260 e. The molecule has 0 unspecified atom stereocenters. The first-order chi connectivity index (χ1) is 16.7. The molecule has 0 bridgehead atoms. The van der Waals surface area contributed by atoms with Gasteiger partial charge in [0.2, 0.25) is 16.8 Å². The van der Waals surface area contributed by atoms with Gasteiger partial charge in [-0.05, 0) is 51.3 Å². The summed E-state index contributed by atoms with van der Waals surface area (Å²) < 4.78 is 38.9. The van der Waals surface area contributed by atoms with Gasteiger partial charge in [-0.1, -0.05) is 25.2 Å². The molecule has 0 saturated carbocycles. The third-order valence-electron chi connectivity index (χ3n) is 5.78. The number of fused-ring (bicyclic) bond motifs is 2. The molecule has 2 aromatic carbocycles. The topological polar surface area (TPSA) is 92.3 Å². The van der Waals surface area contributed by atoms with Crippen molar-refractivity contribution in [2.75, 3.05) is 52.0 Å². The summed E-state index contributed by atoms with van der Waals surface area (Å²) in [5.74, 6) is 1.09. The quantitative estimate of drug-likeness (QED) is 0.404. The minimum Gasteiger partial charge on any atom is -0.454 e. The maximum Gasteiger partial charge on any atom is 0.260 e. The number of hydrogen-bond acceptors (Lipinski definition) is 8. The molecule has 4 rings (SSSR count). The highest BCUT2D eigenvalue weighted by molar-refractivity contribution is 7.89. The van der Waals surface area contributed by atoms with Gasteiger partial charge in [-0.25, -0.2) is 13.4 Å². The first kappa shape index (κ1) is 25.4. The summed E-state index contributed by atoms with van der Waals surface area (Å²) >= 11 is 1.41. The van der Waals surface area contributed by atoms with E-state index in [4.69, 9.17) is 14.5 Å². The zero-order valence-corrected chi connectivity index (χ0v) is 22.0. The number of carbonyl (C=O) groups is 1. The van der Waals surface area contributed by atoms with E-state index in [1.165, 1.54) is 27.8 Å². The van der Waals surface area contributed by atoms with Gasteiger partial charge in [-0.3, -0.25) is 9.69 Å². The number of rotatable bonds is 10. The van der Waals surface area contributed by atoms with Crippen LogP contribution in [0.1, 0.15) is 30.6 Å². The summed E-state index contributed by atoms with van der Waals surface area (Å²) in [7, 11) is 0.380. The average molecular weight is 519 g/mol. The second-order valence-corrected chi connectivity index (χ2v) is 11.3. The maximum atomic E-state index is 13.6. The Morgan fingerprint density at radius 2 is 1.69 bits per heavy atom. The Morgan fingerprint density at radius 1 is 1.03 bits per heavy atom. The molecule has 3 aromatic rings. The minimum absolute atomic E-state index is 0.173. The summed E-state index contributed by atoms with van der Waals surface area (Å²) in [5, 5.41) is 0.576. The zero-order valence-electron chi connectivity index (χ0n) is 20.4. The van der Waals surface area contributed by atoms with Gasteiger partial charge in [0.15, 0.2) is 16.6 Å². The van der Waals surface area contributed by atoms with E-state index in [0.717, 1.165) is 23.2 Å². The van der Waals surface area contributed by atoms with Crippen molar-refractivity contribution in [2.45, 2.75) is 25.2 Å². The first-order valence-corrected chi connectivity index (χ1v) is 13.8. The van der Waals surface area contributed by atoms with Crippen molar-refractivity contribution >= 4 is 42.6 Å². The number of sulfonamides is 1. The molecule has 0 spiro atoms. The Hall–Kier alpha value is -2.73. The van der Waals surface area contributed by atoms with Gasteiger partial charge in [-0.2, -0.15) is 4.31 Å². The van der Waals surface area contributed by atoms with Crippen LogP contribution >= 0.6 is 11.3 Å². The highest BCUT2D eigenvalue weighted by atomic mass is 32.2. The SMILES string of the molecule is CCN(CC)S(=O)(=O)c1ccc(C(=O)N(CCCN(C)C)c2nc3cc4c(cc3s2)OCO4)cc1. The maximum absolute atomic E-state index is 13.6. The van der Waals surface area contributed by atoms with E-state index >= 15 is 0 Å². The van der Waals surface area contributed by atoms with Crippen LogP contribution in [0.25, 0.3) is 10.2 Å². The Morgan fingerprint density at radius 3 is 2.31 bits per heavy atom. The number of nitrogens with zero attached hydrogens (tertiary/aromatic N) is 4. The number of anilines is 1. The van der Waals surface area contributed by atoms with E-state index in [1.807, 2.05) is 26.2 Å². The molecular formula is C24H30N4O5S2. The Kier molecular flexibility index (Phi) is 7.60. The summed E-state index contributed by atoms with van der Waals surface area (Å²) in [6.07, 6.45) is 0.756. The molecule has 11 heteroatoms. The highest BCUT2D eigenvalue weighted by Crippen LogP contribution is 2.40. The molecule has 0 radical (unpaired) electrons. The van der Waals surface area contributed by atoms with E-state index in [-0.39, 0.29) is 17.6 Å². The molecule has 2 heterocycles. The number of carbonyl (C=O) groups excluding carboxylic acids is 1. The standard InChI is InChI=1S/C24H30N4O5S2/c1-5-27(6-2)35(30,31)18-10-8-17(9-11-18)23(29)28(13-7-12-26(3)4)24-25-19-14-20-21(33-16-32-20)15-22(19)34-24/h8-11,14-15H,5-7,12-13,16H2,1-4H3. The van der Waals surface area contributed by atoms with Gasteiger partial charge in [-0.15, -0.1) is 0 Å². The van der Waals surface area contributed by atoms with E-state index in [0.29, 0.717) is 41.8 Å². The molecule has 1 aliphatic heterocycles. The molecule has 0 aliphatic carbocycles. The number of aromatic nitrogens is 1. The van der Waals surface area contributed by atoms with Crippen LogP contribution in [0.4, 0.5) is 5.13 Å². The highest BCUT2D eigenvalue weighted by Gasteiger charge is 2.25. The second-order valence-electron chi connectivity index (χ2n) is 8.40. The molecule has 9 nitrogen and oxygen atoms in total. The Balaban J connectivity index is 1.64. The van der Waals surface area contributed by atoms with Crippen molar-refractivity contribution in [2.24, 2.45) is 0 Å². The molecular weight excluding hydrogens is 488 g/mol. The van der Waals surface area contributed by atoms with Crippen LogP contribution in [0.2, 0.25) is 0 Å². The van der Waals surface area contributed by atoms with Gasteiger partial charge in [0.05, 0.1) is 15.1 Å².